The lowest BCUT2D eigenvalue weighted by Crippen LogP contribution is -2.18. The molecular weight excluding hydrogens is 211 g/mol. The molecule has 0 aliphatic carbocycles. The molecule has 0 bridgehead atoms. The number of benzene rings is 1. The van der Waals surface area contributed by atoms with Crippen LogP contribution in [-0.2, 0) is 6.42 Å². The Kier molecular flexibility index (Phi) is 5.17. The average molecular weight is 236 g/mol. The molecule has 0 aromatic heterocycles. The first-order valence-electron chi connectivity index (χ1n) is 6.70. The quantitative estimate of drug-likeness (QED) is 0.675. The fraction of sp³-hybridized carbons (Fsp3) is 0.625. The van der Waals surface area contributed by atoms with Crippen molar-refractivity contribution < 1.29 is 4.39 Å². The van der Waals surface area contributed by atoms with E-state index in [1.165, 1.54) is 6.42 Å². The lowest BCUT2D eigenvalue weighted by molar-refractivity contribution is 0.271. The first-order valence-corrected chi connectivity index (χ1v) is 6.70. The van der Waals surface area contributed by atoms with Crippen molar-refractivity contribution in [3.05, 3.63) is 35.1 Å². The number of hydrogen-bond acceptors (Lipinski definition) is 0. The molecule has 0 amide bonds. The second kappa shape index (κ2) is 6.18. The Morgan fingerprint density at radius 2 is 1.76 bits per heavy atom. The van der Waals surface area contributed by atoms with Gasteiger partial charge in [0.15, 0.2) is 0 Å². The molecule has 0 nitrogen and oxygen atoms in total. The van der Waals surface area contributed by atoms with Crippen molar-refractivity contribution in [3.63, 3.8) is 0 Å². The first-order chi connectivity index (χ1) is 7.95. The van der Waals surface area contributed by atoms with Crippen molar-refractivity contribution in [3.8, 4) is 0 Å². The molecule has 0 aliphatic heterocycles. The van der Waals surface area contributed by atoms with Crippen molar-refractivity contribution in [1.29, 1.82) is 0 Å². The van der Waals surface area contributed by atoms with E-state index in [1.807, 2.05) is 13.0 Å². The molecule has 3 unspecified atom stereocenters. The van der Waals surface area contributed by atoms with Crippen molar-refractivity contribution in [2.24, 2.45) is 17.8 Å². The first kappa shape index (κ1) is 14.2. The maximum Gasteiger partial charge on any atom is 0.126 e. The summed E-state index contributed by atoms with van der Waals surface area (Å²) < 4.78 is 13.5. The third kappa shape index (κ3) is 3.83. The van der Waals surface area contributed by atoms with E-state index in [9.17, 15) is 4.39 Å². The Morgan fingerprint density at radius 3 is 2.29 bits per heavy atom. The molecule has 0 radical (unpaired) electrons. The van der Waals surface area contributed by atoms with E-state index in [4.69, 9.17) is 0 Å². The van der Waals surface area contributed by atoms with Gasteiger partial charge in [-0.15, -0.1) is 0 Å². The summed E-state index contributed by atoms with van der Waals surface area (Å²) >= 11 is 0. The summed E-state index contributed by atoms with van der Waals surface area (Å²) in [6, 6.07) is 5.62. The Labute approximate surface area is 105 Å². The molecule has 0 aliphatic rings. The average Bonchev–Trinajstić information content (AvgIpc) is 2.31. The van der Waals surface area contributed by atoms with E-state index < -0.39 is 0 Å². The van der Waals surface area contributed by atoms with Crippen molar-refractivity contribution >= 4 is 0 Å². The lowest BCUT2D eigenvalue weighted by atomic mass is 9.80. The van der Waals surface area contributed by atoms with Gasteiger partial charge in [0.05, 0.1) is 0 Å². The number of rotatable bonds is 5. The maximum absolute atomic E-state index is 13.5. The van der Waals surface area contributed by atoms with Gasteiger partial charge in [0.1, 0.15) is 5.82 Å². The molecule has 96 valence electrons. The lowest BCUT2D eigenvalue weighted by Gasteiger charge is -2.25. The highest BCUT2D eigenvalue weighted by Gasteiger charge is 2.18. The number of hydrogen-bond donors (Lipinski definition) is 0. The van der Waals surface area contributed by atoms with Crippen LogP contribution >= 0.6 is 0 Å². The Hall–Kier alpha value is -0.850. The van der Waals surface area contributed by atoms with Crippen LogP contribution in [0.25, 0.3) is 0 Å². The van der Waals surface area contributed by atoms with Crippen molar-refractivity contribution in [1.82, 2.24) is 0 Å². The molecule has 0 fully saturated rings. The number of halogens is 1. The molecule has 3 atom stereocenters. The van der Waals surface area contributed by atoms with E-state index in [1.54, 1.807) is 6.07 Å². The molecule has 1 heteroatoms. The van der Waals surface area contributed by atoms with Gasteiger partial charge >= 0.3 is 0 Å². The largest absolute Gasteiger partial charge is 0.207 e. The molecule has 0 N–H and O–H groups in total. The summed E-state index contributed by atoms with van der Waals surface area (Å²) in [5.74, 6) is 1.95. The molecule has 0 spiro atoms. The topological polar surface area (TPSA) is 0 Å². The van der Waals surface area contributed by atoms with Gasteiger partial charge < -0.3 is 0 Å². The predicted molar refractivity (Wildman–Crippen MR) is 72.6 cm³/mol. The van der Waals surface area contributed by atoms with Gasteiger partial charge in [-0.2, -0.15) is 0 Å². The molecular formula is C16H25F. The summed E-state index contributed by atoms with van der Waals surface area (Å²) in [6.07, 6.45) is 2.19. The number of aryl methyl sites for hydroxylation is 1. The minimum atomic E-state index is -0.0779. The van der Waals surface area contributed by atoms with Crippen LogP contribution in [0.4, 0.5) is 4.39 Å². The molecule has 0 saturated heterocycles. The van der Waals surface area contributed by atoms with E-state index in [2.05, 4.69) is 33.8 Å². The van der Waals surface area contributed by atoms with Gasteiger partial charge in [-0.1, -0.05) is 46.2 Å². The zero-order valence-corrected chi connectivity index (χ0v) is 11.8. The minimum absolute atomic E-state index is 0.0779. The molecule has 1 rings (SSSR count). The standard InChI is InChI=1S/C16H25F/c1-6-11(2)14(5)13(4)9-15-8-7-12(3)16(17)10-15/h7-8,10-11,13-14H,6,9H2,1-5H3. The zero-order valence-electron chi connectivity index (χ0n) is 11.8. The highest BCUT2D eigenvalue weighted by atomic mass is 19.1. The summed E-state index contributed by atoms with van der Waals surface area (Å²) in [5.41, 5.74) is 1.85. The van der Waals surface area contributed by atoms with E-state index in [-0.39, 0.29) is 5.82 Å². The van der Waals surface area contributed by atoms with Gasteiger partial charge in [0.25, 0.3) is 0 Å². The fourth-order valence-corrected chi connectivity index (χ4v) is 2.25. The maximum atomic E-state index is 13.5. The van der Waals surface area contributed by atoms with E-state index >= 15 is 0 Å². The minimum Gasteiger partial charge on any atom is -0.207 e. The molecule has 1 aromatic carbocycles. The summed E-state index contributed by atoms with van der Waals surface area (Å²) in [5, 5.41) is 0. The van der Waals surface area contributed by atoms with Gasteiger partial charge in [-0.05, 0) is 48.3 Å². The van der Waals surface area contributed by atoms with Crippen LogP contribution in [0.3, 0.4) is 0 Å². The second-order valence-corrected chi connectivity index (χ2v) is 5.51. The SMILES string of the molecule is CCC(C)C(C)C(C)Cc1ccc(C)c(F)c1. The van der Waals surface area contributed by atoms with Crippen LogP contribution in [0.1, 0.15) is 45.2 Å². The predicted octanol–water partition coefficient (Wildman–Crippen LogP) is 4.99. The van der Waals surface area contributed by atoms with Crippen LogP contribution in [-0.4, -0.2) is 0 Å². The third-order valence-electron chi connectivity index (χ3n) is 4.23. The van der Waals surface area contributed by atoms with Crippen LogP contribution in [0.2, 0.25) is 0 Å². The van der Waals surface area contributed by atoms with Crippen LogP contribution in [0, 0.1) is 30.5 Å². The molecule has 0 saturated carbocycles. The highest BCUT2D eigenvalue weighted by molar-refractivity contribution is 5.23. The van der Waals surface area contributed by atoms with E-state index in [0.29, 0.717) is 11.8 Å². The summed E-state index contributed by atoms with van der Waals surface area (Å²) in [6.45, 7) is 10.9. The molecule has 0 heterocycles. The summed E-state index contributed by atoms with van der Waals surface area (Å²) in [7, 11) is 0. The van der Waals surface area contributed by atoms with Crippen molar-refractivity contribution in [2.45, 2.75) is 47.5 Å². The van der Waals surface area contributed by atoms with Crippen LogP contribution < -0.4 is 0 Å². The Bertz CT molecular complexity index is 357. The second-order valence-electron chi connectivity index (χ2n) is 5.51. The van der Waals surface area contributed by atoms with Crippen LogP contribution in [0.5, 0.6) is 0 Å². The van der Waals surface area contributed by atoms with Gasteiger partial charge in [0.2, 0.25) is 0 Å². The zero-order chi connectivity index (χ0) is 13.0. The van der Waals surface area contributed by atoms with E-state index in [0.717, 1.165) is 23.5 Å². The molecule has 1 aromatic rings. The monoisotopic (exact) mass is 236 g/mol. The normalized spacial score (nSPS) is 16.6. The Morgan fingerprint density at radius 1 is 1.12 bits per heavy atom. The van der Waals surface area contributed by atoms with Gasteiger partial charge in [-0.25, -0.2) is 4.39 Å². The van der Waals surface area contributed by atoms with Crippen molar-refractivity contribution in [2.75, 3.05) is 0 Å². The summed E-state index contributed by atoms with van der Waals surface area (Å²) in [4.78, 5) is 0. The Balaban J connectivity index is 2.67. The highest BCUT2D eigenvalue weighted by Crippen LogP contribution is 2.26. The molecule has 17 heavy (non-hydrogen) atoms. The van der Waals surface area contributed by atoms with Gasteiger partial charge in [-0.3, -0.25) is 0 Å². The third-order valence-corrected chi connectivity index (χ3v) is 4.23. The van der Waals surface area contributed by atoms with Crippen LogP contribution in [0.15, 0.2) is 18.2 Å². The fourth-order valence-electron chi connectivity index (χ4n) is 2.25. The van der Waals surface area contributed by atoms with Gasteiger partial charge in [0, 0.05) is 0 Å². The smallest absolute Gasteiger partial charge is 0.126 e.